The van der Waals surface area contributed by atoms with E-state index in [1.165, 1.54) is 26.0 Å². The van der Waals surface area contributed by atoms with E-state index >= 15 is 0 Å². The fourth-order valence-electron chi connectivity index (χ4n) is 4.25. The molecule has 1 aliphatic heterocycles. The molecule has 0 spiro atoms. The molecule has 35 heavy (non-hydrogen) atoms. The lowest BCUT2D eigenvalue weighted by molar-refractivity contribution is -0.113. The number of methoxy groups -OCH3 is 2. The molecule has 0 aliphatic carbocycles. The van der Waals surface area contributed by atoms with Crippen molar-refractivity contribution in [2.45, 2.75) is 31.8 Å². The second kappa shape index (κ2) is 10.9. The summed E-state index contributed by atoms with van der Waals surface area (Å²) < 4.78 is 12.8. The number of aryl methyl sites for hydroxylation is 2. The molecule has 2 aromatic carbocycles. The van der Waals surface area contributed by atoms with E-state index in [4.69, 9.17) is 9.47 Å². The number of thioether (sulfide) groups is 1. The predicted molar refractivity (Wildman–Crippen MR) is 137 cm³/mol. The molecule has 8 nitrogen and oxygen atoms in total. The molecule has 4 rings (SSSR count). The van der Waals surface area contributed by atoms with E-state index in [9.17, 15) is 9.59 Å². The average molecular weight is 495 g/mol. The minimum absolute atomic E-state index is 0.128. The van der Waals surface area contributed by atoms with Crippen molar-refractivity contribution in [3.8, 4) is 17.2 Å². The monoisotopic (exact) mass is 494 g/mol. The zero-order valence-electron chi connectivity index (χ0n) is 20.5. The second-order valence-corrected chi connectivity index (χ2v) is 9.46. The van der Waals surface area contributed by atoms with Crippen LogP contribution in [-0.2, 0) is 4.79 Å². The molecule has 2 heterocycles. The standard InChI is InChI=1S/C26H30N4O4S/c1-17-11-18(2)13-19(12-17)30-10-7-27-26(30)35-16-24(31)28-21-15-23(34-4)22(33-3)14-20(21)25(32)29-8-5-6-9-29/h7,10-15H,5-6,8-9,16H2,1-4H3,(H,28,31). The number of carbonyl (C=O) groups excluding carboxylic acids is 2. The van der Waals surface area contributed by atoms with Crippen molar-refractivity contribution in [1.29, 1.82) is 0 Å². The zero-order valence-corrected chi connectivity index (χ0v) is 21.3. The maximum Gasteiger partial charge on any atom is 0.256 e. The highest BCUT2D eigenvalue weighted by Gasteiger charge is 2.25. The van der Waals surface area contributed by atoms with Crippen LogP contribution in [0.5, 0.6) is 11.5 Å². The zero-order chi connectivity index (χ0) is 24.9. The van der Waals surface area contributed by atoms with Crippen molar-refractivity contribution in [3.63, 3.8) is 0 Å². The van der Waals surface area contributed by atoms with Crippen LogP contribution in [0, 0.1) is 13.8 Å². The topological polar surface area (TPSA) is 85.7 Å². The summed E-state index contributed by atoms with van der Waals surface area (Å²) in [5.74, 6) is 0.647. The lowest BCUT2D eigenvalue weighted by atomic mass is 10.1. The summed E-state index contributed by atoms with van der Waals surface area (Å²) in [7, 11) is 3.04. The first kappa shape index (κ1) is 24.7. The number of hydrogen-bond acceptors (Lipinski definition) is 6. The van der Waals surface area contributed by atoms with Gasteiger partial charge in [0.2, 0.25) is 5.91 Å². The number of carbonyl (C=O) groups is 2. The van der Waals surface area contributed by atoms with Gasteiger partial charge >= 0.3 is 0 Å². The molecule has 0 radical (unpaired) electrons. The van der Waals surface area contributed by atoms with Crippen LogP contribution in [0.3, 0.4) is 0 Å². The van der Waals surface area contributed by atoms with E-state index in [0.717, 1.165) is 29.7 Å². The third-order valence-electron chi connectivity index (χ3n) is 5.85. The van der Waals surface area contributed by atoms with Crippen molar-refractivity contribution in [2.75, 3.05) is 38.4 Å². The van der Waals surface area contributed by atoms with Gasteiger partial charge in [0.15, 0.2) is 16.7 Å². The van der Waals surface area contributed by atoms with Crippen molar-refractivity contribution < 1.29 is 19.1 Å². The lowest BCUT2D eigenvalue weighted by Crippen LogP contribution is -2.29. The van der Waals surface area contributed by atoms with Crippen LogP contribution < -0.4 is 14.8 Å². The van der Waals surface area contributed by atoms with E-state index in [1.807, 2.05) is 10.8 Å². The fraction of sp³-hybridized carbons (Fsp3) is 0.346. The Morgan fingerprint density at radius 2 is 1.66 bits per heavy atom. The number of nitrogens with one attached hydrogen (secondary N) is 1. The van der Waals surface area contributed by atoms with Crippen LogP contribution in [0.25, 0.3) is 5.69 Å². The van der Waals surface area contributed by atoms with Gasteiger partial charge in [0, 0.05) is 37.2 Å². The normalized spacial score (nSPS) is 13.1. The maximum absolute atomic E-state index is 13.2. The first-order valence-corrected chi connectivity index (χ1v) is 12.5. The van der Waals surface area contributed by atoms with Crippen molar-refractivity contribution in [3.05, 3.63) is 59.4 Å². The van der Waals surface area contributed by atoms with Crippen LogP contribution in [0.1, 0.15) is 34.3 Å². The van der Waals surface area contributed by atoms with Gasteiger partial charge in [-0.2, -0.15) is 0 Å². The molecule has 1 N–H and O–H groups in total. The number of benzene rings is 2. The Balaban J connectivity index is 1.52. The van der Waals surface area contributed by atoms with Gasteiger partial charge < -0.3 is 19.7 Å². The van der Waals surface area contributed by atoms with Gasteiger partial charge in [-0.15, -0.1) is 0 Å². The highest BCUT2D eigenvalue weighted by molar-refractivity contribution is 7.99. The van der Waals surface area contributed by atoms with E-state index in [1.54, 1.807) is 23.2 Å². The Morgan fingerprint density at radius 3 is 2.31 bits per heavy atom. The maximum atomic E-state index is 13.2. The molecular weight excluding hydrogens is 464 g/mol. The Hall–Kier alpha value is -3.46. The van der Waals surface area contributed by atoms with Crippen molar-refractivity contribution in [2.24, 2.45) is 0 Å². The average Bonchev–Trinajstić information content (AvgIpc) is 3.54. The van der Waals surface area contributed by atoms with E-state index in [-0.39, 0.29) is 17.6 Å². The lowest BCUT2D eigenvalue weighted by Gasteiger charge is -2.20. The number of amides is 2. The first-order valence-electron chi connectivity index (χ1n) is 11.5. The highest BCUT2D eigenvalue weighted by Crippen LogP contribution is 2.35. The molecule has 0 atom stereocenters. The Bertz CT molecular complexity index is 1210. The molecule has 9 heteroatoms. The largest absolute Gasteiger partial charge is 0.493 e. The van der Waals surface area contributed by atoms with Crippen LogP contribution in [0.15, 0.2) is 47.9 Å². The highest BCUT2D eigenvalue weighted by atomic mass is 32.2. The number of ether oxygens (including phenoxy) is 2. The molecule has 1 fully saturated rings. The van der Waals surface area contributed by atoms with Gasteiger partial charge in [-0.05, 0) is 56.0 Å². The number of nitrogens with zero attached hydrogens (tertiary/aromatic N) is 3. The molecule has 0 saturated carbocycles. The number of anilines is 1. The van der Waals surface area contributed by atoms with Crippen molar-refractivity contribution >= 4 is 29.3 Å². The van der Waals surface area contributed by atoms with Gasteiger partial charge in [0.1, 0.15) is 0 Å². The van der Waals surface area contributed by atoms with Gasteiger partial charge in [-0.1, -0.05) is 17.8 Å². The fourth-order valence-corrected chi connectivity index (χ4v) is 5.02. The molecule has 1 aromatic heterocycles. The number of rotatable bonds is 8. The molecule has 1 aliphatic rings. The minimum Gasteiger partial charge on any atom is -0.493 e. The Kier molecular flexibility index (Phi) is 7.65. The van der Waals surface area contributed by atoms with Crippen LogP contribution in [0.4, 0.5) is 5.69 Å². The SMILES string of the molecule is COc1cc(NC(=O)CSc2nccn2-c2cc(C)cc(C)c2)c(C(=O)N2CCCC2)cc1OC. The van der Waals surface area contributed by atoms with Gasteiger partial charge in [-0.25, -0.2) is 4.98 Å². The van der Waals surface area contributed by atoms with Gasteiger partial charge in [0.25, 0.3) is 5.91 Å². The first-order chi connectivity index (χ1) is 16.9. The molecular formula is C26H30N4O4S. The van der Waals surface area contributed by atoms with Crippen molar-refractivity contribution in [1.82, 2.24) is 14.5 Å². The summed E-state index contributed by atoms with van der Waals surface area (Å²) in [6.07, 6.45) is 5.56. The molecule has 1 saturated heterocycles. The summed E-state index contributed by atoms with van der Waals surface area (Å²) in [4.78, 5) is 32.4. The number of likely N-dealkylation sites (tertiary alicyclic amines) is 1. The summed E-state index contributed by atoms with van der Waals surface area (Å²) in [6, 6.07) is 9.55. The Labute approximate surface area is 209 Å². The van der Waals surface area contributed by atoms with Gasteiger partial charge in [-0.3, -0.25) is 14.2 Å². The van der Waals surface area contributed by atoms with E-state index < -0.39 is 0 Å². The summed E-state index contributed by atoms with van der Waals surface area (Å²) in [5.41, 5.74) is 4.11. The number of imidazole rings is 1. The summed E-state index contributed by atoms with van der Waals surface area (Å²) >= 11 is 1.33. The third-order valence-corrected chi connectivity index (χ3v) is 6.81. The minimum atomic E-state index is -0.243. The van der Waals surface area contributed by atoms with E-state index in [2.05, 4.69) is 42.3 Å². The van der Waals surface area contributed by atoms with Gasteiger partial charge in [0.05, 0.1) is 31.2 Å². The predicted octanol–water partition coefficient (Wildman–Crippen LogP) is 4.47. The van der Waals surface area contributed by atoms with Crippen LogP contribution in [-0.4, -0.2) is 59.3 Å². The third kappa shape index (κ3) is 5.62. The molecule has 3 aromatic rings. The second-order valence-electron chi connectivity index (χ2n) is 8.51. The summed E-state index contributed by atoms with van der Waals surface area (Å²) in [5, 5.41) is 3.61. The molecule has 0 bridgehead atoms. The molecule has 2 amide bonds. The molecule has 184 valence electrons. The number of hydrogen-bond donors (Lipinski definition) is 1. The Morgan fingerprint density at radius 1 is 1.00 bits per heavy atom. The smallest absolute Gasteiger partial charge is 0.256 e. The number of aromatic nitrogens is 2. The summed E-state index contributed by atoms with van der Waals surface area (Å²) in [6.45, 7) is 5.52. The quantitative estimate of drug-likeness (QED) is 0.465. The van der Waals surface area contributed by atoms with E-state index in [0.29, 0.717) is 41.0 Å². The van der Waals surface area contributed by atoms with Crippen LogP contribution in [0.2, 0.25) is 0 Å². The molecule has 0 unspecified atom stereocenters. The van der Waals surface area contributed by atoms with Crippen LogP contribution >= 0.6 is 11.8 Å².